The van der Waals surface area contributed by atoms with Gasteiger partial charge in [0, 0.05) is 44.0 Å². The van der Waals surface area contributed by atoms with Gasteiger partial charge in [0.2, 0.25) is 11.6 Å². The van der Waals surface area contributed by atoms with E-state index < -0.39 is 0 Å². The number of rotatable bonds is 6. The number of nitrogens with one attached hydrogen (secondary N) is 1. The van der Waals surface area contributed by atoms with E-state index in [0.717, 1.165) is 31.5 Å². The van der Waals surface area contributed by atoms with Crippen LogP contribution in [0.15, 0.2) is 53.7 Å². The minimum atomic E-state index is 0.0134. The third-order valence-corrected chi connectivity index (χ3v) is 5.40. The van der Waals surface area contributed by atoms with Crippen LogP contribution in [0.2, 0.25) is 0 Å². The van der Waals surface area contributed by atoms with E-state index in [-0.39, 0.29) is 11.8 Å². The molecule has 1 atom stereocenters. The van der Waals surface area contributed by atoms with Crippen molar-refractivity contribution in [3.63, 3.8) is 0 Å². The Balaban J connectivity index is 1.19. The monoisotopic (exact) mass is 418 g/mol. The Labute approximate surface area is 178 Å². The number of carbonyl (C=O) groups excluding carboxylic acids is 1. The van der Waals surface area contributed by atoms with Gasteiger partial charge in [0.25, 0.3) is 6.01 Å². The van der Waals surface area contributed by atoms with Crippen molar-refractivity contribution in [3.8, 4) is 5.82 Å². The van der Waals surface area contributed by atoms with Crippen molar-refractivity contribution in [1.82, 2.24) is 35.0 Å². The van der Waals surface area contributed by atoms with E-state index in [9.17, 15) is 4.79 Å². The summed E-state index contributed by atoms with van der Waals surface area (Å²) in [7, 11) is 0. The van der Waals surface area contributed by atoms with E-state index in [0.29, 0.717) is 36.0 Å². The molecule has 0 radical (unpaired) electrons. The second kappa shape index (κ2) is 8.50. The minimum Gasteiger partial charge on any atom is -0.422 e. The molecule has 5 heterocycles. The predicted molar refractivity (Wildman–Crippen MR) is 112 cm³/mol. The molecule has 0 saturated carbocycles. The molecule has 10 heteroatoms. The van der Waals surface area contributed by atoms with Gasteiger partial charge in [-0.15, -0.1) is 0 Å². The maximum Gasteiger partial charge on any atom is 0.299 e. The summed E-state index contributed by atoms with van der Waals surface area (Å²) in [4.78, 5) is 31.8. The minimum absolute atomic E-state index is 0.0134. The fourth-order valence-electron chi connectivity index (χ4n) is 3.92. The standard InChI is InChI=1S/C21H22N8O2/c30-18(25-11-16-5-1-8-24-20(16)29-14-22-13-26-29)10-15-4-3-9-28(12-15)21-27-19-17(31-21)6-2-7-23-19/h1-2,5-8,13-15H,3-4,9-12H2,(H,25,30). The lowest BCUT2D eigenvalue weighted by atomic mass is 9.94. The highest BCUT2D eigenvalue weighted by molar-refractivity contribution is 5.76. The van der Waals surface area contributed by atoms with Crippen molar-refractivity contribution in [2.24, 2.45) is 5.92 Å². The van der Waals surface area contributed by atoms with Crippen molar-refractivity contribution in [2.45, 2.75) is 25.8 Å². The molecule has 0 bridgehead atoms. The number of oxazole rings is 1. The van der Waals surface area contributed by atoms with Crippen LogP contribution in [0, 0.1) is 5.92 Å². The lowest BCUT2D eigenvalue weighted by Gasteiger charge is -2.31. The van der Waals surface area contributed by atoms with E-state index in [1.807, 2.05) is 24.3 Å². The molecule has 1 saturated heterocycles. The fraction of sp³-hybridized carbons (Fsp3) is 0.333. The average Bonchev–Trinajstić information content (AvgIpc) is 3.48. The zero-order valence-electron chi connectivity index (χ0n) is 16.9. The quantitative estimate of drug-likeness (QED) is 0.506. The molecule has 4 aromatic rings. The first kappa shape index (κ1) is 19.2. The van der Waals surface area contributed by atoms with E-state index in [4.69, 9.17) is 4.42 Å². The van der Waals surface area contributed by atoms with Crippen LogP contribution in [-0.2, 0) is 11.3 Å². The third kappa shape index (κ3) is 4.23. The second-order valence-corrected chi connectivity index (χ2v) is 7.58. The molecule has 4 aromatic heterocycles. The Hall–Kier alpha value is -3.82. The Morgan fingerprint density at radius 2 is 2.13 bits per heavy atom. The maximum atomic E-state index is 12.6. The van der Waals surface area contributed by atoms with Gasteiger partial charge >= 0.3 is 0 Å². The SMILES string of the molecule is O=C(CC1CCCN(c2nc3ncccc3o2)C1)NCc1cccnc1-n1cncn1. The highest BCUT2D eigenvalue weighted by Crippen LogP contribution is 2.26. The zero-order valence-corrected chi connectivity index (χ0v) is 16.9. The van der Waals surface area contributed by atoms with Crippen LogP contribution < -0.4 is 10.2 Å². The first-order valence-corrected chi connectivity index (χ1v) is 10.3. The number of anilines is 1. The van der Waals surface area contributed by atoms with Crippen LogP contribution in [0.3, 0.4) is 0 Å². The van der Waals surface area contributed by atoms with Crippen molar-refractivity contribution in [3.05, 3.63) is 54.9 Å². The van der Waals surface area contributed by atoms with Crippen LogP contribution in [0.5, 0.6) is 0 Å². The van der Waals surface area contributed by atoms with Gasteiger partial charge in [-0.05, 0) is 37.0 Å². The summed E-state index contributed by atoms with van der Waals surface area (Å²) in [5.41, 5.74) is 2.17. The number of aromatic nitrogens is 6. The molecule has 1 fully saturated rings. The molecule has 1 amide bonds. The molecular weight excluding hydrogens is 396 g/mol. The second-order valence-electron chi connectivity index (χ2n) is 7.58. The van der Waals surface area contributed by atoms with Crippen LogP contribution >= 0.6 is 0 Å². The number of hydrogen-bond acceptors (Lipinski definition) is 8. The summed E-state index contributed by atoms with van der Waals surface area (Å²) in [6.45, 7) is 1.98. The zero-order chi connectivity index (χ0) is 21.0. The van der Waals surface area contributed by atoms with E-state index in [2.05, 4.69) is 35.3 Å². The Kier molecular flexibility index (Phi) is 5.26. The van der Waals surface area contributed by atoms with Gasteiger partial charge in [0.1, 0.15) is 12.7 Å². The fourth-order valence-corrected chi connectivity index (χ4v) is 3.92. The number of fused-ring (bicyclic) bond motifs is 1. The number of amides is 1. The number of hydrogen-bond donors (Lipinski definition) is 1. The van der Waals surface area contributed by atoms with Crippen LogP contribution in [0.1, 0.15) is 24.8 Å². The van der Waals surface area contributed by atoms with E-state index in [1.165, 1.54) is 6.33 Å². The Morgan fingerprint density at radius 3 is 3.00 bits per heavy atom. The van der Waals surface area contributed by atoms with E-state index in [1.54, 1.807) is 23.4 Å². The molecule has 1 N–H and O–H groups in total. The molecule has 0 aromatic carbocycles. The first-order valence-electron chi connectivity index (χ1n) is 10.3. The Morgan fingerprint density at radius 1 is 1.23 bits per heavy atom. The van der Waals surface area contributed by atoms with E-state index >= 15 is 0 Å². The normalized spacial score (nSPS) is 16.5. The van der Waals surface area contributed by atoms with Crippen LogP contribution in [0.25, 0.3) is 17.0 Å². The molecule has 158 valence electrons. The van der Waals surface area contributed by atoms with Gasteiger partial charge in [0.15, 0.2) is 11.4 Å². The highest BCUT2D eigenvalue weighted by atomic mass is 16.4. The molecule has 10 nitrogen and oxygen atoms in total. The molecule has 1 aliphatic rings. The summed E-state index contributed by atoms with van der Waals surface area (Å²) in [5, 5.41) is 7.14. The summed E-state index contributed by atoms with van der Waals surface area (Å²) >= 11 is 0. The predicted octanol–water partition coefficient (Wildman–Crippen LogP) is 2.12. The number of pyridine rings is 2. The summed E-state index contributed by atoms with van der Waals surface area (Å²) < 4.78 is 7.44. The van der Waals surface area contributed by atoms with Crippen molar-refractivity contribution in [1.29, 1.82) is 0 Å². The van der Waals surface area contributed by atoms with Crippen LogP contribution in [0.4, 0.5) is 6.01 Å². The van der Waals surface area contributed by atoms with Gasteiger partial charge < -0.3 is 14.6 Å². The number of carbonyl (C=O) groups is 1. The first-order chi connectivity index (χ1) is 15.3. The van der Waals surface area contributed by atoms with Gasteiger partial charge in [-0.3, -0.25) is 4.79 Å². The van der Waals surface area contributed by atoms with Crippen molar-refractivity contribution >= 4 is 23.2 Å². The molecule has 0 aliphatic carbocycles. The number of piperidine rings is 1. The van der Waals surface area contributed by atoms with Crippen LogP contribution in [-0.4, -0.2) is 48.7 Å². The average molecular weight is 418 g/mol. The molecule has 31 heavy (non-hydrogen) atoms. The van der Waals surface area contributed by atoms with Gasteiger partial charge in [-0.25, -0.2) is 19.6 Å². The topological polar surface area (TPSA) is 115 Å². The largest absolute Gasteiger partial charge is 0.422 e. The Bertz CT molecular complexity index is 1140. The third-order valence-electron chi connectivity index (χ3n) is 5.40. The summed E-state index contributed by atoms with van der Waals surface area (Å²) in [5.74, 6) is 0.911. The maximum absolute atomic E-state index is 12.6. The molecular formula is C21H22N8O2. The molecule has 0 spiro atoms. The van der Waals surface area contributed by atoms with Gasteiger partial charge in [0.05, 0.1) is 0 Å². The number of nitrogens with zero attached hydrogens (tertiary/aromatic N) is 7. The lowest BCUT2D eigenvalue weighted by Crippen LogP contribution is -2.38. The molecule has 1 unspecified atom stereocenters. The smallest absolute Gasteiger partial charge is 0.299 e. The summed E-state index contributed by atoms with van der Waals surface area (Å²) in [6.07, 6.45) is 8.89. The van der Waals surface area contributed by atoms with Crippen molar-refractivity contribution < 1.29 is 9.21 Å². The summed E-state index contributed by atoms with van der Waals surface area (Å²) in [6, 6.07) is 8.03. The lowest BCUT2D eigenvalue weighted by molar-refractivity contribution is -0.122. The van der Waals surface area contributed by atoms with Gasteiger partial charge in [-0.1, -0.05) is 6.07 Å². The van der Waals surface area contributed by atoms with Crippen molar-refractivity contribution in [2.75, 3.05) is 18.0 Å². The van der Waals surface area contributed by atoms with Gasteiger partial charge in [-0.2, -0.15) is 10.1 Å². The highest BCUT2D eigenvalue weighted by Gasteiger charge is 2.25. The molecule has 1 aliphatic heterocycles. The molecule has 5 rings (SSSR count).